The predicted octanol–water partition coefficient (Wildman–Crippen LogP) is 3.14. The van der Waals surface area contributed by atoms with Gasteiger partial charge in [-0.25, -0.2) is 9.97 Å². The number of anilines is 1. The summed E-state index contributed by atoms with van der Waals surface area (Å²) in [5.41, 5.74) is 7.83. The molecule has 3 aromatic rings. The summed E-state index contributed by atoms with van der Waals surface area (Å²) in [7, 11) is 1.61. The Morgan fingerprint density at radius 3 is 2.55 bits per heavy atom. The molecule has 2 aromatic heterocycles. The predicted molar refractivity (Wildman–Crippen MR) is 132 cm³/mol. The van der Waals surface area contributed by atoms with Crippen LogP contribution >= 0.6 is 11.3 Å². The first kappa shape index (κ1) is 24.4. The monoisotopic (exact) mass is 470 g/mol. The smallest absolute Gasteiger partial charge is 0.261 e. The number of carbonyl (C=O) groups excluding carboxylic acids is 1. The third kappa shape index (κ3) is 5.96. The van der Waals surface area contributed by atoms with Gasteiger partial charge in [-0.1, -0.05) is 19.0 Å². The van der Waals surface area contributed by atoms with Crippen LogP contribution in [0.4, 0.5) is 5.95 Å². The molecule has 0 aliphatic heterocycles. The van der Waals surface area contributed by atoms with E-state index in [2.05, 4.69) is 39.2 Å². The summed E-state index contributed by atoms with van der Waals surface area (Å²) >= 11 is 1.26. The van der Waals surface area contributed by atoms with Crippen LogP contribution in [0.1, 0.15) is 41.7 Å². The Labute approximate surface area is 197 Å². The second kappa shape index (κ2) is 11.6. The Bertz CT molecular complexity index is 1110. The molecule has 0 radical (unpaired) electrons. The lowest BCUT2D eigenvalue weighted by Crippen LogP contribution is -2.26. The number of aromatic nitrogens is 2. The van der Waals surface area contributed by atoms with Gasteiger partial charge in [0.15, 0.2) is 0 Å². The Balaban J connectivity index is 2.04. The largest absolute Gasteiger partial charge is 0.497 e. The first-order chi connectivity index (χ1) is 16.0. The van der Waals surface area contributed by atoms with Gasteiger partial charge in [-0.05, 0) is 50.3 Å². The van der Waals surface area contributed by atoms with Crippen molar-refractivity contribution in [2.45, 2.75) is 20.8 Å². The van der Waals surface area contributed by atoms with E-state index in [9.17, 15) is 4.79 Å². The number of rotatable bonds is 11. The number of nitrogens with one attached hydrogen (secondary N) is 1. The molecule has 0 unspecified atom stereocenters. The molecule has 0 bridgehead atoms. The molecule has 2 heterocycles. The van der Waals surface area contributed by atoms with Crippen LogP contribution in [0.25, 0.3) is 10.2 Å². The average Bonchev–Trinajstić information content (AvgIpc) is 3.26. The summed E-state index contributed by atoms with van der Waals surface area (Å²) in [6.45, 7) is 9.69. The SMILES string of the molecule is CCNC(=O)c1cc2c(/C(=N\OCCN(CC)CC)c3ccc(OC)cc3)nc(N)nc2s1. The van der Waals surface area contributed by atoms with Gasteiger partial charge in [-0.2, -0.15) is 0 Å². The summed E-state index contributed by atoms with van der Waals surface area (Å²) < 4.78 is 5.28. The quantitative estimate of drug-likeness (QED) is 0.251. The number of hydrogen-bond acceptors (Lipinski definition) is 9. The number of amides is 1. The number of likely N-dealkylation sites (N-methyl/N-ethyl adjacent to an activating group) is 1. The fourth-order valence-electron chi connectivity index (χ4n) is 3.28. The number of methoxy groups -OCH3 is 1. The molecule has 1 amide bonds. The van der Waals surface area contributed by atoms with Crippen molar-refractivity contribution in [3.8, 4) is 5.75 Å². The first-order valence-corrected chi connectivity index (χ1v) is 11.7. The third-order valence-corrected chi connectivity index (χ3v) is 6.14. The number of carbonyl (C=O) groups is 1. The molecule has 0 saturated heterocycles. The Kier molecular flexibility index (Phi) is 8.56. The zero-order valence-electron chi connectivity index (χ0n) is 19.4. The van der Waals surface area contributed by atoms with Crippen LogP contribution in [0.15, 0.2) is 35.5 Å². The van der Waals surface area contributed by atoms with Crippen LogP contribution in [0.2, 0.25) is 0 Å². The van der Waals surface area contributed by atoms with E-state index in [0.717, 1.165) is 30.9 Å². The molecular formula is C23H30N6O3S. The zero-order valence-corrected chi connectivity index (χ0v) is 20.2. The topological polar surface area (TPSA) is 115 Å². The Morgan fingerprint density at radius 1 is 1.18 bits per heavy atom. The van der Waals surface area contributed by atoms with Crippen molar-refractivity contribution in [2.75, 3.05) is 45.6 Å². The van der Waals surface area contributed by atoms with Crippen LogP contribution in [-0.4, -0.2) is 66.4 Å². The van der Waals surface area contributed by atoms with Gasteiger partial charge in [0.2, 0.25) is 5.95 Å². The second-order valence-corrected chi connectivity index (χ2v) is 8.18. The van der Waals surface area contributed by atoms with E-state index < -0.39 is 0 Å². The average molecular weight is 471 g/mol. The van der Waals surface area contributed by atoms with Gasteiger partial charge >= 0.3 is 0 Å². The van der Waals surface area contributed by atoms with Crippen LogP contribution in [0.3, 0.4) is 0 Å². The van der Waals surface area contributed by atoms with E-state index in [-0.39, 0.29) is 11.9 Å². The number of thiophene rings is 1. The molecule has 0 saturated carbocycles. The second-order valence-electron chi connectivity index (χ2n) is 7.15. The van der Waals surface area contributed by atoms with Crippen LogP contribution < -0.4 is 15.8 Å². The number of fused-ring (bicyclic) bond motifs is 1. The minimum Gasteiger partial charge on any atom is -0.497 e. The summed E-state index contributed by atoms with van der Waals surface area (Å²) in [5, 5.41) is 7.95. The van der Waals surface area contributed by atoms with Gasteiger partial charge in [0.05, 0.1) is 12.0 Å². The van der Waals surface area contributed by atoms with Crippen LogP contribution in [0.5, 0.6) is 5.75 Å². The van der Waals surface area contributed by atoms with E-state index in [1.165, 1.54) is 11.3 Å². The Morgan fingerprint density at radius 2 is 1.91 bits per heavy atom. The molecule has 176 valence electrons. The molecule has 3 N–H and O–H groups in total. The lowest BCUT2D eigenvalue weighted by molar-refractivity contribution is 0.0960. The Hall–Kier alpha value is -3.24. The summed E-state index contributed by atoms with van der Waals surface area (Å²) in [6, 6.07) is 9.22. The number of benzene rings is 1. The molecule has 0 fully saturated rings. The zero-order chi connectivity index (χ0) is 23.8. The number of nitrogen functional groups attached to an aromatic ring is 1. The number of nitrogens with two attached hydrogens (primary N) is 1. The third-order valence-electron chi connectivity index (χ3n) is 5.11. The van der Waals surface area contributed by atoms with Crippen molar-refractivity contribution in [3.63, 3.8) is 0 Å². The number of hydrogen-bond donors (Lipinski definition) is 2. The van der Waals surface area contributed by atoms with Crippen LogP contribution in [0, 0.1) is 0 Å². The standard InChI is InChI=1S/C23H30N6O3S/c1-5-25-21(30)18-14-17-20(26-23(24)27-22(17)33-18)19(15-8-10-16(31-4)11-9-15)28-32-13-12-29(6-2)7-3/h8-11,14H,5-7,12-13H2,1-4H3,(H,25,30)(H2,24,26,27)/b28-19-. The molecular weight excluding hydrogens is 440 g/mol. The van der Waals surface area contributed by atoms with Crippen molar-refractivity contribution in [2.24, 2.45) is 5.16 Å². The van der Waals surface area contributed by atoms with Crippen molar-refractivity contribution in [3.05, 3.63) is 46.5 Å². The number of ether oxygens (including phenoxy) is 1. The van der Waals surface area contributed by atoms with E-state index in [0.29, 0.717) is 39.7 Å². The van der Waals surface area contributed by atoms with Gasteiger partial charge in [0.1, 0.15) is 28.6 Å². The highest BCUT2D eigenvalue weighted by atomic mass is 32.1. The van der Waals surface area contributed by atoms with Crippen molar-refractivity contribution in [1.82, 2.24) is 20.2 Å². The van der Waals surface area contributed by atoms with Gasteiger partial charge in [0.25, 0.3) is 5.91 Å². The number of nitrogens with zero attached hydrogens (tertiary/aromatic N) is 4. The minimum absolute atomic E-state index is 0.103. The van der Waals surface area contributed by atoms with Gasteiger partial charge in [0, 0.05) is 24.0 Å². The van der Waals surface area contributed by atoms with E-state index in [1.54, 1.807) is 13.2 Å². The van der Waals surface area contributed by atoms with E-state index >= 15 is 0 Å². The summed E-state index contributed by atoms with van der Waals surface area (Å²) in [5.74, 6) is 0.663. The first-order valence-electron chi connectivity index (χ1n) is 10.9. The number of oxime groups is 1. The molecule has 0 aliphatic rings. The van der Waals surface area contributed by atoms with Crippen molar-refractivity contribution in [1.29, 1.82) is 0 Å². The molecule has 3 rings (SSSR count). The maximum atomic E-state index is 12.4. The molecule has 33 heavy (non-hydrogen) atoms. The molecule has 0 aliphatic carbocycles. The minimum atomic E-state index is -0.163. The maximum absolute atomic E-state index is 12.4. The highest BCUT2D eigenvalue weighted by Gasteiger charge is 2.20. The normalized spacial score (nSPS) is 11.7. The van der Waals surface area contributed by atoms with Crippen LogP contribution in [-0.2, 0) is 4.84 Å². The van der Waals surface area contributed by atoms with Gasteiger partial charge in [-0.3, -0.25) is 4.79 Å². The lowest BCUT2D eigenvalue weighted by atomic mass is 10.0. The van der Waals surface area contributed by atoms with Crippen molar-refractivity contribution >= 4 is 39.1 Å². The van der Waals surface area contributed by atoms with E-state index in [1.807, 2.05) is 31.2 Å². The maximum Gasteiger partial charge on any atom is 0.261 e. The molecule has 1 aromatic carbocycles. The fraction of sp³-hybridized carbons (Fsp3) is 0.391. The fourth-order valence-corrected chi connectivity index (χ4v) is 4.23. The highest BCUT2D eigenvalue weighted by molar-refractivity contribution is 7.20. The molecule has 10 heteroatoms. The van der Waals surface area contributed by atoms with Crippen molar-refractivity contribution < 1.29 is 14.4 Å². The lowest BCUT2D eigenvalue weighted by Gasteiger charge is -2.16. The summed E-state index contributed by atoms with van der Waals surface area (Å²) in [4.78, 5) is 30.3. The van der Waals surface area contributed by atoms with Gasteiger partial charge < -0.3 is 25.5 Å². The van der Waals surface area contributed by atoms with Gasteiger partial charge in [-0.15, -0.1) is 11.3 Å². The molecule has 0 atom stereocenters. The summed E-state index contributed by atoms with van der Waals surface area (Å²) in [6.07, 6.45) is 0. The van der Waals surface area contributed by atoms with E-state index in [4.69, 9.17) is 15.3 Å². The molecule has 9 nitrogen and oxygen atoms in total. The highest BCUT2D eigenvalue weighted by Crippen LogP contribution is 2.29. The molecule has 0 spiro atoms.